The first-order chi connectivity index (χ1) is 9.08. The van der Waals surface area contributed by atoms with E-state index in [-0.39, 0.29) is 29.1 Å². The van der Waals surface area contributed by atoms with E-state index in [0.29, 0.717) is 6.42 Å². The molecule has 0 N–H and O–H groups in total. The molecule has 0 aliphatic heterocycles. The van der Waals surface area contributed by atoms with Gasteiger partial charge in [-0.15, -0.1) is 0 Å². The molecular weight excluding hydrogens is 310 g/mol. The van der Waals surface area contributed by atoms with Crippen LogP contribution in [0, 0.1) is 16.0 Å². The van der Waals surface area contributed by atoms with Gasteiger partial charge in [-0.1, -0.05) is 34.5 Å². The zero-order chi connectivity index (χ0) is 13.8. The van der Waals surface area contributed by atoms with Crippen LogP contribution in [-0.2, 0) is 4.79 Å². The van der Waals surface area contributed by atoms with E-state index in [9.17, 15) is 14.9 Å². The Kier molecular flexibility index (Phi) is 4.69. The normalized spacial score (nSPS) is 21.1. The van der Waals surface area contributed by atoms with Crippen LogP contribution < -0.4 is 0 Å². The molecule has 0 radical (unpaired) electrons. The number of nitro groups is 1. The maximum Gasteiger partial charge on any atom is 0.211 e. The Bertz CT molecular complexity index is 472. The lowest BCUT2D eigenvalue weighted by Crippen LogP contribution is -2.30. The van der Waals surface area contributed by atoms with E-state index in [0.717, 1.165) is 29.3 Å². The van der Waals surface area contributed by atoms with Crippen molar-refractivity contribution in [2.75, 3.05) is 6.54 Å². The second-order valence-corrected chi connectivity index (χ2v) is 5.91. The Balaban J connectivity index is 2.26. The molecule has 102 valence electrons. The minimum absolute atomic E-state index is 0.169. The maximum atomic E-state index is 12.0. The summed E-state index contributed by atoms with van der Waals surface area (Å²) in [5, 5.41) is 10.9. The summed E-state index contributed by atoms with van der Waals surface area (Å²) >= 11 is 3.35. The Morgan fingerprint density at radius 1 is 1.32 bits per heavy atom. The summed E-state index contributed by atoms with van der Waals surface area (Å²) in [5.74, 6) is -0.308. The highest BCUT2D eigenvalue weighted by molar-refractivity contribution is 9.10. The molecule has 0 amide bonds. The van der Waals surface area contributed by atoms with E-state index < -0.39 is 0 Å². The van der Waals surface area contributed by atoms with Gasteiger partial charge in [-0.2, -0.15) is 0 Å². The van der Waals surface area contributed by atoms with Gasteiger partial charge >= 0.3 is 0 Å². The zero-order valence-electron chi connectivity index (χ0n) is 10.5. The first-order valence-electron chi connectivity index (χ1n) is 6.48. The van der Waals surface area contributed by atoms with Crippen LogP contribution in [0.5, 0.6) is 0 Å². The van der Waals surface area contributed by atoms with Crippen molar-refractivity contribution in [3.8, 4) is 0 Å². The van der Waals surface area contributed by atoms with Crippen LogP contribution in [-0.4, -0.2) is 17.3 Å². The average Bonchev–Trinajstić information content (AvgIpc) is 2.38. The SMILES string of the molecule is O=C1CCCC[C@@H]1C(C[N+](=O)[O-])c1ccc(Br)cc1. The number of halogens is 1. The molecule has 1 unspecified atom stereocenters. The van der Waals surface area contributed by atoms with Crippen molar-refractivity contribution in [2.24, 2.45) is 5.92 Å². The van der Waals surface area contributed by atoms with Gasteiger partial charge < -0.3 is 0 Å². The Hall–Kier alpha value is -1.23. The first kappa shape index (κ1) is 14.2. The van der Waals surface area contributed by atoms with E-state index in [1.165, 1.54) is 0 Å². The van der Waals surface area contributed by atoms with Gasteiger partial charge in [0.05, 0.1) is 5.92 Å². The van der Waals surface area contributed by atoms with Crippen LogP contribution >= 0.6 is 15.9 Å². The zero-order valence-corrected chi connectivity index (χ0v) is 12.1. The van der Waals surface area contributed by atoms with Crippen molar-refractivity contribution in [2.45, 2.75) is 31.6 Å². The van der Waals surface area contributed by atoms with Gasteiger partial charge in [-0.25, -0.2) is 0 Å². The fraction of sp³-hybridized carbons (Fsp3) is 0.500. The summed E-state index contributed by atoms with van der Waals surface area (Å²) in [7, 11) is 0. The summed E-state index contributed by atoms with van der Waals surface area (Å²) in [6.45, 7) is -0.169. The van der Waals surface area contributed by atoms with E-state index in [2.05, 4.69) is 15.9 Å². The lowest BCUT2D eigenvalue weighted by atomic mass is 9.76. The van der Waals surface area contributed by atoms with E-state index in [1.807, 2.05) is 24.3 Å². The Labute approximate surface area is 120 Å². The lowest BCUT2D eigenvalue weighted by Gasteiger charge is -2.27. The Morgan fingerprint density at radius 3 is 2.58 bits per heavy atom. The highest BCUT2D eigenvalue weighted by Crippen LogP contribution is 2.34. The number of rotatable bonds is 4. The number of carbonyl (C=O) groups excluding carboxylic acids is 1. The smallest absolute Gasteiger partial charge is 0.211 e. The summed E-state index contributed by atoms with van der Waals surface area (Å²) in [6.07, 6.45) is 3.24. The van der Waals surface area contributed by atoms with Gasteiger partial charge in [-0.3, -0.25) is 14.9 Å². The highest BCUT2D eigenvalue weighted by atomic mass is 79.9. The number of carbonyl (C=O) groups is 1. The maximum absolute atomic E-state index is 12.0. The monoisotopic (exact) mass is 325 g/mol. The summed E-state index contributed by atoms with van der Waals surface area (Å²) in [5.41, 5.74) is 0.889. The molecule has 2 rings (SSSR count). The molecule has 19 heavy (non-hydrogen) atoms. The first-order valence-corrected chi connectivity index (χ1v) is 7.27. The largest absolute Gasteiger partial charge is 0.299 e. The van der Waals surface area contributed by atoms with Crippen molar-refractivity contribution in [1.82, 2.24) is 0 Å². The van der Waals surface area contributed by atoms with Crippen molar-refractivity contribution in [1.29, 1.82) is 0 Å². The van der Waals surface area contributed by atoms with Crippen LogP contribution in [0.2, 0.25) is 0 Å². The van der Waals surface area contributed by atoms with Gasteiger partial charge in [0.2, 0.25) is 6.54 Å². The summed E-state index contributed by atoms with van der Waals surface area (Å²) in [4.78, 5) is 22.6. The van der Waals surface area contributed by atoms with Crippen molar-refractivity contribution in [3.63, 3.8) is 0 Å². The molecule has 0 heterocycles. The van der Waals surface area contributed by atoms with Crippen LogP contribution in [0.3, 0.4) is 0 Å². The third kappa shape index (κ3) is 3.62. The van der Waals surface area contributed by atoms with Gasteiger partial charge in [0.25, 0.3) is 0 Å². The molecule has 1 aromatic carbocycles. The molecule has 1 aliphatic carbocycles. The number of hydrogen-bond acceptors (Lipinski definition) is 3. The molecule has 1 aromatic rings. The third-order valence-corrected chi connectivity index (χ3v) is 4.26. The molecule has 0 aromatic heterocycles. The predicted molar refractivity (Wildman–Crippen MR) is 75.7 cm³/mol. The Morgan fingerprint density at radius 2 is 2.00 bits per heavy atom. The van der Waals surface area contributed by atoms with Crippen LogP contribution in [0.25, 0.3) is 0 Å². The van der Waals surface area contributed by atoms with Gasteiger partial charge in [0.1, 0.15) is 5.78 Å². The van der Waals surface area contributed by atoms with Crippen molar-refractivity contribution < 1.29 is 9.72 Å². The molecule has 0 bridgehead atoms. The van der Waals surface area contributed by atoms with E-state index in [4.69, 9.17) is 0 Å². The molecule has 2 atom stereocenters. The number of hydrogen-bond donors (Lipinski definition) is 0. The van der Waals surface area contributed by atoms with Crippen LogP contribution in [0.4, 0.5) is 0 Å². The number of benzene rings is 1. The lowest BCUT2D eigenvalue weighted by molar-refractivity contribution is -0.484. The average molecular weight is 326 g/mol. The van der Waals surface area contributed by atoms with Gasteiger partial charge in [-0.05, 0) is 30.5 Å². The number of ketones is 1. The second kappa shape index (κ2) is 6.28. The molecule has 0 spiro atoms. The molecule has 1 saturated carbocycles. The van der Waals surface area contributed by atoms with Crippen molar-refractivity contribution >= 4 is 21.7 Å². The second-order valence-electron chi connectivity index (χ2n) is 4.99. The standard InChI is InChI=1S/C14H16BrNO3/c15-11-7-5-10(6-8-11)13(9-16(18)19)12-3-1-2-4-14(12)17/h5-8,12-13H,1-4,9H2/t12-,13?/m1/s1. The minimum Gasteiger partial charge on any atom is -0.299 e. The fourth-order valence-electron chi connectivity index (χ4n) is 2.77. The molecule has 4 nitrogen and oxygen atoms in total. The third-order valence-electron chi connectivity index (χ3n) is 3.73. The fourth-order valence-corrected chi connectivity index (χ4v) is 3.04. The molecule has 1 aliphatic rings. The topological polar surface area (TPSA) is 60.2 Å². The summed E-state index contributed by atoms with van der Waals surface area (Å²) in [6, 6.07) is 7.49. The summed E-state index contributed by atoms with van der Waals surface area (Å²) < 4.78 is 0.936. The molecule has 0 saturated heterocycles. The van der Waals surface area contributed by atoms with Gasteiger partial charge in [0, 0.05) is 21.7 Å². The predicted octanol–water partition coefficient (Wildman–Crippen LogP) is 3.57. The molecule has 1 fully saturated rings. The van der Waals surface area contributed by atoms with Crippen molar-refractivity contribution in [3.05, 3.63) is 44.4 Å². The van der Waals surface area contributed by atoms with Gasteiger partial charge in [0.15, 0.2) is 0 Å². The van der Waals surface area contributed by atoms with Crippen LogP contribution in [0.15, 0.2) is 28.7 Å². The number of nitrogens with zero attached hydrogens (tertiary/aromatic N) is 1. The minimum atomic E-state index is -0.311. The molecular formula is C14H16BrNO3. The number of Topliss-reactive ketones (excluding diaryl/α,β-unsaturated/α-hetero) is 1. The van der Waals surface area contributed by atoms with E-state index in [1.54, 1.807) is 0 Å². The highest BCUT2D eigenvalue weighted by Gasteiger charge is 2.34. The molecule has 5 heteroatoms. The van der Waals surface area contributed by atoms with E-state index >= 15 is 0 Å². The quantitative estimate of drug-likeness (QED) is 0.628. The van der Waals surface area contributed by atoms with Crippen LogP contribution in [0.1, 0.15) is 37.2 Å².